The topological polar surface area (TPSA) is 70.1 Å². The molecule has 1 heterocycles. The van der Waals surface area contributed by atoms with Gasteiger partial charge >= 0.3 is 6.09 Å². The van der Waals surface area contributed by atoms with Gasteiger partial charge in [0.05, 0.1) is 5.56 Å². The average molecular weight is 396 g/mol. The van der Waals surface area contributed by atoms with Gasteiger partial charge in [-0.2, -0.15) is 0 Å². The van der Waals surface area contributed by atoms with E-state index in [9.17, 15) is 14.7 Å². The molecular weight excluding hydrogens is 368 g/mol. The largest absolute Gasteiger partial charge is 0.507 e. The molecule has 1 atom stereocenters. The van der Waals surface area contributed by atoms with E-state index in [0.717, 1.165) is 5.56 Å². The smallest absolute Gasteiger partial charge is 0.410 e. The molecule has 1 saturated heterocycles. The van der Waals surface area contributed by atoms with Gasteiger partial charge in [0.2, 0.25) is 0 Å². The van der Waals surface area contributed by atoms with Crippen molar-refractivity contribution < 1.29 is 19.4 Å². The van der Waals surface area contributed by atoms with Crippen molar-refractivity contribution in [1.29, 1.82) is 0 Å². The van der Waals surface area contributed by atoms with Crippen LogP contribution >= 0.6 is 0 Å². The molecule has 3 rings (SSSR count). The Kier molecular flexibility index (Phi) is 5.82. The molecular formula is C23H28N2O4. The van der Waals surface area contributed by atoms with Crippen LogP contribution in [0, 0.1) is 0 Å². The number of carbonyl (C=O) groups excluding carboxylic acids is 2. The molecule has 0 unspecified atom stereocenters. The summed E-state index contributed by atoms with van der Waals surface area (Å²) in [5.74, 6) is -0.281. The minimum absolute atomic E-state index is 0.0430. The predicted octanol–water partition coefficient (Wildman–Crippen LogP) is 4.14. The van der Waals surface area contributed by atoms with Gasteiger partial charge in [0, 0.05) is 25.7 Å². The number of hydrogen-bond acceptors (Lipinski definition) is 4. The Bertz CT molecular complexity index is 889. The van der Waals surface area contributed by atoms with Crippen molar-refractivity contribution in [3.8, 4) is 16.9 Å². The number of benzene rings is 2. The van der Waals surface area contributed by atoms with E-state index in [2.05, 4.69) is 0 Å². The summed E-state index contributed by atoms with van der Waals surface area (Å²) in [4.78, 5) is 29.1. The van der Waals surface area contributed by atoms with E-state index < -0.39 is 5.60 Å². The highest BCUT2D eigenvalue weighted by molar-refractivity contribution is 6.03. The first-order chi connectivity index (χ1) is 13.7. The van der Waals surface area contributed by atoms with Crippen molar-refractivity contribution >= 4 is 12.0 Å². The first-order valence-corrected chi connectivity index (χ1v) is 9.83. The molecule has 1 fully saturated rings. The van der Waals surface area contributed by atoms with Gasteiger partial charge in [-0.05, 0) is 44.9 Å². The number of hydrogen-bond donors (Lipinski definition) is 1. The predicted molar refractivity (Wildman–Crippen MR) is 112 cm³/mol. The van der Waals surface area contributed by atoms with Crippen LogP contribution in [0.2, 0.25) is 0 Å². The van der Waals surface area contributed by atoms with Crippen LogP contribution in [0.3, 0.4) is 0 Å². The summed E-state index contributed by atoms with van der Waals surface area (Å²) in [6.45, 7) is 8.53. The molecule has 0 aliphatic carbocycles. The minimum atomic E-state index is -0.565. The van der Waals surface area contributed by atoms with Crippen LogP contribution in [0.4, 0.5) is 4.79 Å². The van der Waals surface area contributed by atoms with Crippen LogP contribution in [0.25, 0.3) is 11.1 Å². The number of phenols is 1. The van der Waals surface area contributed by atoms with Gasteiger partial charge in [-0.25, -0.2) is 4.79 Å². The van der Waals surface area contributed by atoms with E-state index in [0.29, 0.717) is 25.2 Å². The highest BCUT2D eigenvalue weighted by Crippen LogP contribution is 2.31. The zero-order valence-corrected chi connectivity index (χ0v) is 17.4. The van der Waals surface area contributed by atoms with Crippen molar-refractivity contribution in [1.82, 2.24) is 9.80 Å². The number of carbonyl (C=O) groups is 2. The number of ether oxygens (including phenoxy) is 1. The highest BCUT2D eigenvalue weighted by Gasteiger charge is 2.34. The third-order valence-electron chi connectivity index (χ3n) is 4.88. The van der Waals surface area contributed by atoms with Crippen LogP contribution in [-0.2, 0) is 4.74 Å². The fourth-order valence-corrected chi connectivity index (χ4v) is 3.52. The van der Waals surface area contributed by atoms with Crippen LogP contribution in [-0.4, -0.2) is 58.2 Å². The molecule has 2 aromatic rings. The summed E-state index contributed by atoms with van der Waals surface area (Å²) in [5, 5.41) is 10.5. The number of nitrogens with zero attached hydrogens (tertiary/aromatic N) is 2. The Balaban J connectivity index is 1.80. The van der Waals surface area contributed by atoms with Crippen LogP contribution in [0.15, 0.2) is 48.5 Å². The number of rotatable bonds is 2. The van der Waals surface area contributed by atoms with Gasteiger partial charge in [-0.3, -0.25) is 4.79 Å². The van der Waals surface area contributed by atoms with Crippen LogP contribution in [0.5, 0.6) is 5.75 Å². The van der Waals surface area contributed by atoms with E-state index in [1.165, 1.54) is 6.07 Å². The van der Waals surface area contributed by atoms with E-state index >= 15 is 0 Å². The summed E-state index contributed by atoms with van der Waals surface area (Å²) in [6, 6.07) is 14.4. The molecule has 0 saturated carbocycles. The van der Waals surface area contributed by atoms with Gasteiger partial charge in [0.1, 0.15) is 11.4 Å². The van der Waals surface area contributed by atoms with Gasteiger partial charge in [-0.1, -0.05) is 42.5 Å². The van der Waals surface area contributed by atoms with Crippen molar-refractivity contribution in [3.63, 3.8) is 0 Å². The molecule has 6 nitrogen and oxygen atoms in total. The molecule has 2 amide bonds. The average Bonchev–Trinajstić information content (AvgIpc) is 2.66. The molecule has 0 radical (unpaired) electrons. The lowest BCUT2D eigenvalue weighted by Gasteiger charge is -2.40. The minimum Gasteiger partial charge on any atom is -0.507 e. The highest BCUT2D eigenvalue weighted by atomic mass is 16.6. The number of phenolic OH excluding ortho intramolecular Hbond substituents is 1. The Labute approximate surface area is 171 Å². The summed E-state index contributed by atoms with van der Waals surface area (Å²) in [6.07, 6.45) is -0.371. The summed E-state index contributed by atoms with van der Waals surface area (Å²) < 4.78 is 5.47. The van der Waals surface area contributed by atoms with Crippen molar-refractivity contribution in [3.05, 3.63) is 54.1 Å². The molecule has 1 N–H and O–H groups in total. The van der Waals surface area contributed by atoms with Crippen molar-refractivity contribution in [2.75, 3.05) is 19.6 Å². The van der Waals surface area contributed by atoms with E-state index in [4.69, 9.17) is 4.74 Å². The maximum atomic E-state index is 13.3. The molecule has 154 valence electrons. The maximum absolute atomic E-state index is 13.3. The lowest BCUT2D eigenvalue weighted by Crippen LogP contribution is -2.56. The third-order valence-corrected chi connectivity index (χ3v) is 4.88. The van der Waals surface area contributed by atoms with E-state index in [-0.39, 0.29) is 29.4 Å². The summed E-state index contributed by atoms with van der Waals surface area (Å²) in [7, 11) is 0. The number of amides is 2. The molecule has 2 aromatic carbocycles. The second-order valence-electron chi connectivity index (χ2n) is 8.34. The summed E-state index contributed by atoms with van der Waals surface area (Å²) >= 11 is 0. The maximum Gasteiger partial charge on any atom is 0.410 e. The zero-order chi connectivity index (χ0) is 21.2. The Morgan fingerprint density at radius 1 is 1.03 bits per heavy atom. The Hall–Kier alpha value is -3.02. The summed E-state index contributed by atoms with van der Waals surface area (Å²) in [5.41, 5.74) is 1.28. The molecule has 1 aliphatic rings. The quantitative estimate of drug-likeness (QED) is 0.828. The molecule has 0 spiro atoms. The van der Waals surface area contributed by atoms with Gasteiger partial charge < -0.3 is 19.6 Å². The lowest BCUT2D eigenvalue weighted by molar-refractivity contribution is 0.00194. The van der Waals surface area contributed by atoms with Crippen LogP contribution < -0.4 is 0 Å². The zero-order valence-electron chi connectivity index (χ0n) is 17.4. The normalized spacial score (nSPS) is 17.2. The molecule has 0 bridgehead atoms. The van der Waals surface area contributed by atoms with E-state index in [1.807, 2.05) is 64.1 Å². The van der Waals surface area contributed by atoms with E-state index in [1.54, 1.807) is 15.9 Å². The SMILES string of the molecule is C[C@@H]1CN(C(=O)c2c(O)cccc2-c2ccccc2)CCN1C(=O)OC(C)(C)C. The second kappa shape index (κ2) is 8.15. The van der Waals surface area contributed by atoms with Crippen molar-refractivity contribution in [2.24, 2.45) is 0 Å². The Morgan fingerprint density at radius 2 is 1.72 bits per heavy atom. The van der Waals surface area contributed by atoms with Gasteiger partial charge in [0.15, 0.2) is 0 Å². The standard InChI is InChI=1S/C23H28N2O4/c1-16-15-24(13-14-25(16)22(28)29-23(2,3)4)21(27)20-18(11-8-12-19(20)26)17-9-6-5-7-10-17/h5-12,16,26H,13-15H2,1-4H3/t16-/m1/s1. The number of aromatic hydroxyl groups is 1. The Morgan fingerprint density at radius 3 is 2.34 bits per heavy atom. The molecule has 6 heteroatoms. The lowest BCUT2D eigenvalue weighted by atomic mass is 9.97. The fourth-order valence-electron chi connectivity index (χ4n) is 3.52. The second-order valence-corrected chi connectivity index (χ2v) is 8.34. The van der Waals surface area contributed by atoms with Gasteiger partial charge in [0.25, 0.3) is 5.91 Å². The first-order valence-electron chi connectivity index (χ1n) is 9.83. The monoisotopic (exact) mass is 396 g/mol. The molecule has 0 aromatic heterocycles. The third kappa shape index (κ3) is 4.70. The van der Waals surface area contributed by atoms with Crippen molar-refractivity contribution in [2.45, 2.75) is 39.3 Å². The molecule has 1 aliphatic heterocycles. The molecule has 29 heavy (non-hydrogen) atoms. The number of piperazine rings is 1. The van der Waals surface area contributed by atoms with Gasteiger partial charge in [-0.15, -0.1) is 0 Å². The fraction of sp³-hybridized carbons (Fsp3) is 0.391. The first kappa shape index (κ1) is 20.7. The van der Waals surface area contributed by atoms with Crippen LogP contribution in [0.1, 0.15) is 38.1 Å².